The minimum atomic E-state index is -0.696. The van der Waals surface area contributed by atoms with Crippen LogP contribution in [-0.4, -0.2) is 31.1 Å². The predicted octanol–water partition coefficient (Wildman–Crippen LogP) is 3.57. The van der Waals surface area contributed by atoms with Gasteiger partial charge in [-0.1, -0.05) is 11.6 Å². The highest BCUT2D eigenvalue weighted by atomic mass is 16.5. The molecule has 1 aliphatic rings. The van der Waals surface area contributed by atoms with Crippen LogP contribution in [0.1, 0.15) is 52.0 Å². The Morgan fingerprint density at radius 3 is 2.33 bits per heavy atom. The SMILES string of the molecule is COC(=O)c1cc(C)ccc1NC(=O)NNC(=O)c1ccc(OC2CCCC2)cc1. The molecule has 0 atom stereocenters. The maximum atomic E-state index is 12.3. The standard InChI is InChI=1S/C22H25N3O5/c1-14-7-12-19(18(13-14)21(27)29-2)23-22(28)25-24-20(26)15-8-10-17(11-9-15)30-16-5-3-4-6-16/h7-13,16H,3-6H2,1-2H3,(H,24,26)(H2,23,25,28). The number of carbonyl (C=O) groups is 3. The predicted molar refractivity (Wildman–Crippen MR) is 111 cm³/mol. The number of rotatable bonds is 5. The van der Waals surface area contributed by atoms with Gasteiger partial charge in [0.15, 0.2) is 0 Å². The molecule has 0 saturated heterocycles. The largest absolute Gasteiger partial charge is 0.490 e. The molecule has 3 amide bonds. The van der Waals surface area contributed by atoms with E-state index in [0.29, 0.717) is 5.56 Å². The average molecular weight is 411 g/mol. The molecule has 8 heteroatoms. The van der Waals surface area contributed by atoms with Gasteiger partial charge in [0.05, 0.1) is 24.5 Å². The maximum absolute atomic E-state index is 12.3. The minimum absolute atomic E-state index is 0.219. The van der Waals surface area contributed by atoms with Gasteiger partial charge in [0.25, 0.3) is 5.91 Å². The lowest BCUT2D eigenvalue weighted by atomic mass is 10.1. The molecule has 158 valence electrons. The van der Waals surface area contributed by atoms with Crippen molar-refractivity contribution in [1.29, 1.82) is 0 Å². The van der Waals surface area contributed by atoms with E-state index in [2.05, 4.69) is 16.2 Å². The van der Waals surface area contributed by atoms with E-state index in [1.54, 1.807) is 42.5 Å². The molecule has 2 aromatic rings. The fraction of sp³-hybridized carbons (Fsp3) is 0.318. The lowest BCUT2D eigenvalue weighted by molar-refractivity contribution is 0.0601. The van der Waals surface area contributed by atoms with E-state index in [1.165, 1.54) is 20.0 Å². The van der Waals surface area contributed by atoms with Gasteiger partial charge < -0.3 is 14.8 Å². The molecule has 3 rings (SSSR count). The fourth-order valence-electron chi connectivity index (χ4n) is 3.27. The molecule has 8 nitrogen and oxygen atoms in total. The van der Waals surface area contributed by atoms with Crippen LogP contribution in [0.4, 0.5) is 10.5 Å². The van der Waals surface area contributed by atoms with Gasteiger partial charge in [0, 0.05) is 5.56 Å². The number of esters is 1. The number of amides is 3. The van der Waals surface area contributed by atoms with Gasteiger partial charge in [-0.05, 0) is 69.0 Å². The summed E-state index contributed by atoms with van der Waals surface area (Å²) in [7, 11) is 1.26. The summed E-state index contributed by atoms with van der Waals surface area (Å²) < 4.78 is 10.6. The van der Waals surface area contributed by atoms with Gasteiger partial charge in [-0.25, -0.2) is 15.0 Å². The van der Waals surface area contributed by atoms with Crippen LogP contribution in [-0.2, 0) is 4.74 Å². The number of nitrogens with one attached hydrogen (secondary N) is 3. The van der Waals surface area contributed by atoms with Gasteiger partial charge in [0.2, 0.25) is 0 Å². The van der Waals surface area contributed by atoms with Crippen molar-refractivity contribution in [3.63, 3.8) is 0 Å². The highest BCUT2D eigenvalue weighted by molar-refractivity contribution is 6.02. The minimum Gasteiger partial charge on any atom is -0.490 e. The monoisotopic (exact) mass is 411 g/mol. The van der Waals surface area contributed by atoms with Crippen molar-refractivity contribution < 1.29 is 23.9 Å². The Labute approximate surface area is 174 Å². The second-order valence-corrected chi connectivity index (χ2v) is 7.12. The molecule has 1 aliphatic carbocycles. The summed E-state index contributed by atoms with van der Waals surface area (Å²) in [4.78, 5) is 36.3. The molecule has 0 heterocycles. The number of urea groups is 1. The Morgan fingerprint density at radius 2 is 1.67 bits per heavy atom. The van der Waals surface area contributed by atoms with E-state index in [1.807, 2.05) is 6.92 Å². The number of benzene rings is 2. The van der Waals surface area contributed by atoms with Crippen LogP contribution in [0.5, 0.6) is 5.75 Å². The molecule has 30 heavy (non-hydrogen) atoms. The Bertz CT molecular complexity index is 921. The first-order valence-electron chi connectivity index (χ1n) is 9.79. The maximum Gasteiger partial charge on any atom is 0.339 e. The summed E-state index contributed by atoms with van der Waals surface area (Å²) in [6.45, 7) is 1.82. The smallest absolute Gasteiger partial charge is 0.339 e. The van der Waals surface area contributed by atoms with Crippen molar-refractivity contribution in [3.8, 4) is 5.75 Å². The highest BCUT2D eigenvalue weighted by Crippen LogP contribution is 2.24. The highest BCUT2D eigenvalue weighted by Gasteiger charge is 2.17. The van der Waals surface area contributed by atoms with Gasteiger partial charge in [-0.2, -0.15) is 0 Å². The number of hydrogen-bond donors (Lipinski definition) is 3. The molecule has 0 bridgehead atoms. The van der Waals surface area contributed by atoms with Crippen molar-refractivity contribution in [2.45, 2.75) is 38.7 Å². The molecule has 1 saturated carbocycles. The first kappa shape index (κ1) is 21.2. The summed E-state index contributed by atoms with van der Waals surface area (Å²) in [5.74, 6) is -0.327. The zero-order chi connectivity index (χ0) is 21.5. The van der Waals surface area contributed by atoms with Crippen molar-refractivity contribution in [2.75, 3.05) is 12.4 Å². The van der Waals surface area contributed by atoms with Crippen molar-refractivity contribution in [1.82, 2.24) is 10.9 Å². The molecule has 0 radical (unpaired) electrons. The van der Waals surface area contributed by atoms with Crippen molar-refractivity contribution >= 4 is 23.6 Å². The van der Waals surface area contributed by atoms with E-state index in [0.717, 1.165) is 24.2 Å². The average Bonchev–Trinajstić information content (AvgIpc) is 3.26. The lowest BCUT2D eigenvalue weighted by Gasteiger charge is -2.14. The first-order chi connectivity index (χ1) is 14.5. The van der Waals surface area contributed by atoms with Gasteiger partial charge in [-0.15, -0.1) is 0 Å². The van der Waals surface area contributed by atoms with E-state index in [9.17, 15) is 14.4 Å². The summed E-state index contributed by atoms with van der Waals surface area (Å²) in [5, 5.41) is 2.52. The summed E-state index contributed by atoms with van der Waals surface area (Å²) >= 11 is 0. The molecule has 1 fully saturated rings. The molecule has 0 unspecified atom stereocenters. The third-order valence-corrected chi connectivity index (χ3v) is 4.84. The number of hydrazine groups is 1. The fourth-order valence-corrected chi connectivity index (χ4v) is 3.27. The second-order valence-electron chi connectivity index (χ2n) is 7.12. The number of anilines is 1. The van der Waals surface area contributed by atoms with Crippen LogP contribution < -0.4 is 20.9 Å². The van der Waals surface area contributed by atoms with Crippen LogP contribution in [0.25, 0.3) is 0 Å². The number of hydrogen-bond acceptors (Lipinski definition) is 5. The zero-order valence-corrected chi connectivity index (χ0v) is 17.0. The third kappa shape index (κ3) is 5.50. The molecule has 0 spiro atoms. The lowest BCUT2D eigenvalue weighted by Crippen LogP contribution is -2.44. The molecule has 0 aromatic heterocycles. The van der Waals surface area contributed by atoms with Crippen LogP contribution in [0.15, 0.2) is 42.5 Å². The van der Waals surface area contributed by atoms with Gasteiger partial charge in [0.1, 0.15) is 5.75 Å². The van der Waals surface area contributed by atoms with E-state index < -0.39 is 17.9 Å². The third-order valence-electron chi connectivity index (χ3n) is 4.84. The van der Waals surface area contributed by atoms with E-state index in [4.69, 9.17) is 9.47 Å². The quantitative estimate of drug-likeness (QED) is 0.515. The summed E-state index contributed by atoms with van der Waals surface area (Å²) in [6.07, 6.45) is 4.72. The number of methoxy groups -OCH3 is 1. The normalized spacial score (nSPS) is 13.4. The van der Waals surface area contributed by atoms with Crippen LogP contribution >= 0.6 is 0 Å². The summed E-state index contributed by atoms with van der Waals surface area (Å²) in [5.41, 5.74) is 6.30. The Kier molecular flexibility index (Phi) is 6.90. The molecular weight excluding hydrogens is 386 g/mol. The van der Waals surface area contributed by atoms with Crippen LogP contribution in [0, 0.1) is 6.92 Å². The van der Waals surface area contributed by atoms with Crippen molar-refractivity contribution in [3.05, 3.63) is 59.2 Å². The first-order valence-corrected chi connectivity index (χ1v) is 9.79. The molecule has 0 aliphatic heterocycles. The van der Waals surface area contributed by atoms with Crippen molar-refractivity contribution in [2.24, 2.45) is 0 Å². The second kappa shape index (κ2) is 9.78. The Morgan fingerprint density at radius 1 is 0.967 bits per heavy atom. The molecular formula is C22H25N3O5. The van der Waals surface area contributed by atoms with Crippen LogP contribution in [0.3, 0.4) is 0 Å². The number of aryl methyl sites for hydroxylation is 1. The zero-order valence-electron chi connectivity index (χ0n) is 17.0. The van der Waals surface area contributed by atoms with E-state index >= 15 is 0 Å². The topological polar surface area (TPSA) is 106 Å². The van der Waals surface area contributed by atoms with E-state index in [-0.39, 0.29) is 17.4 Å². The Hall–Kier alpha value is -3.55. The van der Waals surface area contributed by atoms with Crippen LogP contribution in [0.2, 0.25) is 0 Å². The molecule has 2 aromatic carbocycles. The molecule has 3 N–H and O–H groups in total. The number of ether oxygens (including phenoxy) is 2. The number of carbonyl (C=O) groups excluding carboxylic acids is 3. The Balaban J connectivity index is 1.53. The summed E-state index contributed by atoms with van der Waals surface area (Å²) in [6, 6.07) is 11.0. The van der Waals surface area contributed by atoms with Gasteiger partial charge >= 0.3 is 12.0 Å². The van der Waals surface area contributed by atoms with Gasteiger partial charge in [-0.3, -0.25) is 10.2 Å².